The molecule has 3 aromatic rings. The number of carbonyl (C=O) groups excluding carboxylic acids is 2. The Bertz CT molecular complexity index is 988. The van der Waals surface area contributed by atoms with Crippen LogP contribution in [-0.4, -0.2) is 16.8 Å². The normalized spacial score (nSPS) is 10.6. The lowest BCUT2D eigenvalue weighted by Crippen LogP contribution is -2.11. The van der Waals surface area contributed by atoms with Gasteiger partial charge in [-0.05, 0) is 53.1 Å². The highest BCUT2D eigenvalue weighted by Gasteiger charge is 2.13. The van der Waals surface area contributed by atoms with Crippen LogP contribution in [0.3, 0.4) is 0 Å². The van der Waals surface area contributed by atoms with Crippen molar-refractivity contribution >= 4 is 28.4 Å². The third kappa shape index (κ3) is 3.15. The summed E-state index contributed by atoms with van der Waals surface area (Å²) in [5.74, 6) is -0.787. The Balaban J connectivity index is 2.17. The number of anilines is 1. The van der Waals surface area contributed by atoms with Crippen LogP contribution < -0.4 is 16.8 Å². The predicted molar refractivity (Wildman–Crippen MR) is 99.0 cm³/mol. The van der Waals surface area contributed by atoms with Crippen LogP contribution in [0.25, 0.3) is 22.0 Å². The molecule has 0 spiro atoms. The third-order valence-electron chi connectivity index (χ3n) is 3.98. The number of aromatic nitrogens is 1. The minimum absolute atomic E-state index is 0.295. The highest BCUT2D eigenvalue weighted by atomic mass is 16.1. The van der Waals surface area contributed by atoms with Crippen LogP contribution in [0.15, 0.2) is 55.3 Å². The first-order valence-corrected chi connectivity index (χ1v) is 7.71. The molecule has 0 aliphatic heterocycles. The van der Waals surface area contributed by atoms with Crippen LogP contribution in [0.1, 0.15) is 15.9 Å². The zero-order valence-electron chi connectivity index (χ0n) is 13.5. The Kier molecular flexibility index (Phi) is 4.36. The van der Waals surface area contributed by atoms with Gasteiger partial charge < -0.3 is 21.8 Å². The van der Waals surface area contributed by atoms with E-state index < -0.39 is 5.91 Å². The molecule has 2 amide bonds. The fourth-order valence-corrected chi connectivity index (χ4v) is 2.84. The Morgan fingerprint density at radius 3 is 2.68 bits per heavy atom. The number of nitrogens with one attached hydrogen (secondary N) is 2. The highest BCUT2D eigenvalue weighted by Crippen LogP contribution is 2.32. The van der Waals surface area contributed by atoms with E-state index >= 15 is 0 Å². The van der Waals surface area contributed by atoms with E-state index in [-0.39, 0.29) is 5.91 Å². The van der Waals surface area contributed by atoms with E-state index in [0.29, 0.717) is 23.3 Å². The molecule has 25 heavy (non-hydrogen) atoms. The van der Waals surface area contributed by atoms with Crippen LogP contribution in [-0.2, 0) is 11.3 Å². The molecule has 0 saturated heterocycles. The van der Waals surface area contributed by atoms with Gasteiger partial charge in [-0.2, -0.15) is 0 Å². The number of amides is 2. The van der Waals surface area contributed by atoms with E-state index in [1.54, 1.807) is 12.3 Å². The van der Waals surface area contributed by atoms with Crippen LogP contribution >= 0.6 is 0 Å². The number of carbonyl (C=O) groups is 2. The number of nitrogens with two attached hydrogens (primary N) is 2. The molecule has 0 unspecified atom stereocenters. The lowest BCUT2D eigenvalue weighted by molar-refractivity contribution is -0.111. The van der Waals surface area contributed by atoms with E-state index in [9.17, 15) is 9.59 Å². The summed E-state index contributed by atoms with van der Waals surface area (Å²) in [5.41, 5.74) is 15.6. The molecule has 0 saturated carbocycles. The topological polar surface area (TPSA) is 114 Å². The summed E-state index contributed by atoms with van der Waals surface area (Å²) >= 11 is 0. The standard InChI is InChI=1S/C19H18N4O2/c1-2-17(24)23-13-8-11(10-20)7-12(9-13)14-3-4-16(19(21)25)18-15(14)5-6-22-18/h2-9,22H,1,10,20H2,(H2,21,25)(H,23,24). The van der Waals surface area contributed by atoms with Gasteiger partial charge in [0, 0.05) is 23.8 Å². The van der Waals surface area contributed by atoms with Crippen molar-refractivity contribution in [3.05, 3.63) is 66.4 Å². The largest absolute Gasteiger partial charge is 0.366 e. The van der Waals surface area contributed by atoms with E-state index in [2.05, 4.69) is 16.9 Å². The fraction of sp³-hybridized carbons (Fsp3) is 0.0526. The van der Waals surface area contributed by atoms with Gasteiger partial charge in [0.15, 0.2) is 0 Å². The number of primary amides is 1. The summed E-state index contributed by atoms with van der Waals surface area (Å²) in [6.07, 6.45) is 2.97. The molecular weight excluding hydrogens is 316 g/mol. The second-order valence-electron chi connectivity index (χ2n) is 5.61. The Hall–Kier alpha value is -3.38. The van der Waals surface area contributed by atoms with E-state index in [0.717, 1.165) is 22.1 Å². The minimum Gasteiger partial charge on any atom is -0.366 e. The smallest absolute Gasteiger partial charge is 0.250 e. The van der Waals surface area contributed by atoms with Crippen molar-refractivity contribution < 1.29 is 9.59 Å². The first-order chi connectivity index (χ1) is 12.0. The number of H-pyrrole nitrogens is 1. The molecule has 126 valence electrons. The molecule has 0 aliphatic carbocycles. The molecule has 0 bridgehead atoms. The van der Waals surface area contributed by atoms with Gasteiger partial charge in [0.05, 0.1) is 11.1 Å². The van der Waals surface area contributed by atoms with Crippen molar-refractivity contribution in [2.75, 3.05) is 5.32 Å². The average molecular weight is 334 g/mol. The molecule has 1 aromatic heterocycles. The maximum Gasteiger partial charge on any atom is 0.250 e. The maximum atomic E-state index is 11.6. The van der Waals surface area contributed by atoms with Crippen molar-refractivity contribution in [2.45, 2.75) is 6.54 Å². The van der Waals surface area contributed by atoms with Crippen LogP contribution in [0.4, 0.5) is 5.69 Å². The SMILES string of the molecule is C=CC(=O)Nc1cc(CN)cc(-c2ccc(C(N)=O)c3[nH]ccc23)c1. The third-order valence-corrected chi connectivity index (χ3v) is 3.98. The van der Waals surface area contributed by atoms with Crippen molar-refractivity contribution in [3.63, 3.8) is 0 Å². The monoisotopic (exact) mass is 334 g/mol. The van der Waals surface area contributed by atoms with Crippen LogP contribution in [0, 0.1) is 0 Å². The van der Waals surface area contributed by atoms with Gasteiger partial charge >= 0.3 is 0 Å². The fourth-order valence-electron chi connectivity index (χ4n) is 2.84. The molecule has 0 aliphatic rings. The Morgan fingerprint density at radius 2 is 2.00 bits per heavy atom. The number of benzene rings is 2. The van der Waals surface area contributed by atoms with Crippen molar-refractivity contribution in [2.24, 2.45) is 11.5 Å². The number of hydrogen-bond donors (Lipinski definition) is 4. The number of fused-ring (bicyclic) bond motifs is 1. The summed E-state index contributed by atoms with van der Waals surface area (Å²) in [7, 11) is 0. The first-order valence-electron chi connectivity index (χ1n) is 7.71. The van der Waals surface area contributed by atoms with Crippen molar-refractivity contribution in [3.8, 4) is 11.1 Å². The van der Waals surface area contributed by atoms with Crippen LogP contribution in [0.2, 0.25) is 0 Å². The zero-order chi connectivity index (χ0) is 18.0. The molecule has 6 heteroatoms. The second-order valence-corrected chi connectivity index (χ2v) is 5.61. The van der Waals surface area contributed by atoms with Gasteiger partial charge in [-0.15, -0.1) is 0 Å². The summed E-state index contributed by atoms with van der Waals surface area (Å²) in [5, 5.41) is 3.62. The Morgan fingerprint density at radius 1 is 1.20 bits per heavy atom. The van der Waals surface area contributed by atoms with Crippen molar-refractivity contribution in [1.29, 1.82) is 0 Å². The van der Waals surface area contributed by atoms with Gasteiger partial charge in [0.1, 0.15) is 0 Å². The second kappa shape index (κ2) is 6.62. The predicted octanol–water partition coefficient (Wildman–Crippen LogP) is 2.52. The summed E-state index contributed by atoms with van der Waals surface area (Å²) in [6, 6.07) is 11.0. The number of rotatable bonds is 5. The summed E-state index contributed by atoms with van der Waals surface area (Å²) in [4.78, 5) is 26.3. The average Bonchev–Trinajstić information content (AvgIpc) is 3.09. The van der Waals surface area contributed by atoms with Crippen molar-refractivity contribution in [1.82, 2.24) is 4.98 Å². The highest BCUT2D eigenvalue weighted by molar-refractivity contribution is 6.09. The first kappa shape index (κ1) is 16.5. The lowest BCUT2D eigenvalue weighted by atomic mass is 9.97. The van der Waals surface area contributed by atoms with E-state index in [1.165, 1.54) is 6.08 Å². The number of hydrogen-bond acceptors (Lipinski definition) is 3. The van der Waals surface area contributed by atoms with Gasteiger partial charge in [-0.3, -0.25) is 9.59 Å². The molecule has 1 heterocycles. The minimum atomic E-state index is -0.492. The molecule has 2 aromatic carbocycles. The molecule has 0 atom stereocenters. The lowest BCUT2D eigenvalue weighted by Gasteiger charge is -2.11. The molecular formula is C19H18N4O2. The summed E-state index contributed by atoms with van der Waals surface area (Å²) in [6.45, 7) is 3.79. The molecule has 0 radical (unpaired) electrons. The van der Waals surface area contributed by atoms with Gasteiger partial charge in [-0.1, -0.05) is 12.6 Å². The van der Waals surface area contributed by atoms with Gasteiger partial charge in [0.25, 0.3) is 5.91 Å². The van der Waals surface area contributed by atoms with E-state index in [4.69, 9.17) is 11.5 Å². The zero-order valence-corrected chi connectivity index (χ0v) is 13.5. The number of aromatic amines is 1. The summed E-state index contributed by atoms with van der Waals surface area (Å²) < 4.78 is 0. The molecule has 3 rings (SSSR count). The molecule has 6 N–H and O–H groups in total. The van der Waals surface area contributed by atoms with Gasteiger partial charge in [0.2, 0.25) is 5.91 Å². The van der Waals surface area contributed by atoms with Gasteiger partial charge in [-0.25, -0.2) is 0 Å². The molecule has 0 fully saturated rings. The van der Waals surface area contributed by atoms with Crippen LogP contribution in [0.5, 0.6) is 0 Å². The Labute approximate surface area is 144 Å². The molecule has 6 nitrogen and oxygen atoms in total. The quantitative estimate of drug-likeness (QED) is 0.537. The van der Waals surface area contributed by atoms with E-state index in [1.807, 2.05) is 30.3 Å². The maximum absolute atomic E-state index is 11.6.